The number of fused-ring (bicyclic) bond motifs is 1. The number of amides is 1. The highest BCUT2D eigenvalue weighted by Crippen LogP contribution is 2.29. The molecule has 0 bridgehead atoms. The molecule has 0 fully saturated rings. The Hall–Kier alpha value is -3.85. The van der Waals surface area contributed by atoms with Gasteiger partial charge in [0.2, 0.25) is 11.7 Å². The largest absolute Gasteiger partial charge is 0.365 e. The van der Waals surface area contributed by atoms with E-state index in [4.69, 9.17) is 9.26 Å². The summed E-state index contributed by atoms with van der Waals surface area (Å²) in [6.07, 6.45) is -0.0864. The first-order chi connectivity index (χ1) is 15.2. The number of carbonyl (C=O) groups excluding carboxylic acids is 1. The summed E-state index contributed by atoms with van der Waals surface area (Å²) in [5.41, 5.74) is 4.19. The Kier molecular flexibility index (Phi) is 5.01. The van der Waals surface area contributed by atoms with Crippen LogP contribution in [0.5, 0.6) is 0 Å². The zero-order valence-electron chi connectivity index (χ0n) is 16.9. The minimum Gasteiger partial charge on any atom is -0.365 e. The van der Waals surface area contributed by atoms with Gasteiger partial charge < -0.3 is 14.6 Å². The highest BCUT2D eigenvalue weighted by atomic mass is 16.5. The third-order valence-corrected chi connectivity index (χ3v) is 5.16. The predicted molar refractivity (Wildman–Crippen MR) is 110 cm³/mol. The lowest BCUT2D eigenvalue weighted by Crippen LogP contribution is -2.22. The van der Waals surface area contributed by atoms with E-state index in [-0.39, 0.29) is 24.4 Å². The molecule has 0 saturated carbocycles. The van der Waals surface area contributed by atoms with Gasteiger partial charge in [0.05, 0.1) is 25.4 Å². The van der Waals surface area contributed by atoms with E-state index < -0.39 is 0 Å². The van der Waals surface area contributed by atoms with E-state index in [1.54, 1.807) is 24.3 Å². The first kappa shape index (κ1) is 19.1. The summed E-state index contributed by atoms with van der Waals surface area (Å²) in [7, 11) is 0. The average molecular weight is 416 g/mol. The van der Waals surface area contributed by atoms with Crippen molar-refractivity contribution in [1.29, 1.82) is 0 Å². The first-order valence-electron chi connectivity index (χ1n) is 9.94. The molecule has 1 atom stereocenters. The molecule has 0 radical (unpaired) electrons. The van der Waals surface area contributed by atoms with Crippen LogP contribution in [0.2, 0.25) is 0 Å². The minimum atomic E-state index is -0.211. The number of aryl methyl sites for hydroxylation is 1. The molecule has 0 spiro atoms. The van der Waals surface area contributed by atoms with Crippen molar-refractivity contribution in [2.24, 2.45) is 0 Å². The predicted octanol–water partition coefficient (Wildman–Crippen LogP) is 2.84. The minimum absolute atomic E-state index is 0.0864. The maximum Gasteiger partial charge on any atom is 0.251 e. The molecule has 0 aliphatic carbocycles. The van der Waals surface area contributed by atoms with E-state index in [0.29, 0.717) is 30.2 Å². The third-order valence-electron chi connectivity index (χ3n) is 5.16. The Bertz CT molecular complexity index is 1200. The number of aromatic nitrogens is 5. The molecule has 1 unspecified atom stereocenters. The lowest BCUT2D eigenvalue weighted by molar-refractivity contribution is -0.00112. The van der Waals surface area contributed by atoms with Gasteiger partial charge >= 0.3 is 0 Å². The summed E-state index contributed by atoms with van der Waals surface area (Å²) < 4.78 is 13.1. The summed E-state index contributed by atoms with van der Waals surface area (Å²) in [5, 5.41) is 15.2. The fourth-order valence-electron chi connectivity index (χ4n) is 3.44. The molecule has 3 heterocycles. The summed E-state index contributed by atoms with van der Waals surface area (Å²) in [6.45, 7) is 3.08. The van der Waals surface area contributed by atoms with Crippen LogP contribution >= 0.6 is 0 Å². The second-order valence-electron chi connectivity index (χ2n) is 7.34. The van der Waals surface area contributed by atoms with Crippen molar-refractivity contribution in [1.82, 2.24) is 30.5 Å². The van der Waals surface area contributed by atoms with E-state index in [0.717, 1.165) is 11.3 Å². The Balaban J connectivity index is 1.27. The van der Waals surface area contributed by atoms with Gasteiger partial charge in [0.1, 0.15) is 6.10 Å². The molecule has 0 saturated heterocycles. The third kappa shape index (κ3) is 3.95. The van der Waals surface area contributed by atoms with Gasteiger partial charge in [0.25, 0.3) is 5.91 Å². The van der Waals surface area contributed by atoms with Gasteiger partial charge in [-0.25, -0.2) is 4.68 Å². The molecule has 2 aromatic heterocycles. The van der Waals surface area contributed by atoms with Crippen molar-refractivity contribution in [2.75, 3.05) is 0 Å². The van der Waals surface area contributed by atoms with E-state index in [9.17, 15) is 4.79 Å². The van der Waals surface area contributed by atoms with Crippen LogP contribution in [-0.4, -0.2) is 31.0 Å². The fraction of sp³-hybridized carbons (Fsp3) is 0.227. The molecule has 1 amide bonds. The molecule has 1 aliphatic rings. The van der Waals surface area contributed by atoms with Crippen molar-refractivity contribution in [3.05, 3.63) is 82.9 Å². The quantitative estimate of drug-likeness (QED) is 0.533. The van der Waals surface area contributed by atoms with E-state index in [1.807, 2.05) is 10.7 Å². The average Bonchev–Trinajstić information content (AvgIpc) is 3.45. The van der Waals surface area contributed by atoms with Crippen molar-refractivity contribution >= 4 is 5.91 Å². The molecule has 5 rings (SSSR count). The standard InChI is InChI=1S/C22H20N6O3/c1-14-7-9-15(10-8-14)18-12-28-17(13-30-18)20(25-27-28)21-24-19(31-26-21)11-23-22(29)16-5-3-2-4-6-16/h2-10,18H,11-13H2,1H3,(H,23,29). The number of carbonyl (C=O) groups is 1. The first-order valence-corrected chi connectivity index (χ1v) is 9.94. The van der Waals surface area contributed by atoms with E-state index >= 15 is 0 Å². The zero-order valence-corrected chi connectivity index (χ0v) is 16.9. The van der Waals surface area contributed by atoms with Crippen molar-refractivity contribution < 1.29 is 14.1 Å². The van der Waals surface area contributed by atoms with Gasteiger partial charge in [-0.1, -0.05) is 58.4 Å². The molecular weight excluding hydrogens is 396 g/mol. The fourth-order valence-corrected chi connectivity index (χ4v) is 3.44. The lowest BCUT2D eigenvalue weighted by Gasteiger charge is -2.24. The maximum absolute atomic E-state index is 12.2. The monoisotopic (exact) mass is 416 g/mol. The second kappa shape index (κ2) is 8.11. The molecule has 9 nitrogen and oxygen atoms in total. The summed E-state index contributed by atoms with van der Waals surface area (Å²) in [5.74, 6) is 0.398. The molecule has 31 heavy (non-hydrogen) atoms. The molecule has 4 aromatic rings. The lowest BCUT2D eigenvalue weighted by atomic mass is 10.1. The van der Waals surface area contributed by atoms with Crippen molar-refractivity contribution in [2.45, 2.75) is 32.7 Å². The molecule has 1 N–H and O–H groups in total. The highest BCUT2D eigenvalue weighted by Gasteiger charge is 2.27. The highest BCUT2D eigenvalue weighted by molar-refractivity contribution is 5.93. The molecule has 156 valence electrons. The smallest absolute Gasteiger partial charge is 0.251 e. The zero-order chi connectivity index (χ0) is 21.2. The van der Waals surface area contributed by atoms with E-state index in [2.05, 4.69) is 57.0 Å². The number of hydrogen-bond donors (Lipinski definition) is 1. The maximum atomic E-state index is 12.2. The Labute approximate surface area is 178 Å². The van der Waals surface area contributed by atoms with Gasteiger partial charge in [-0.05, 0) is 24.6 Å². The number of nitrogens with one attached hydrogen (secondary N) is 1. The molecule has 1 aliphatic heterocycles. The van der Waals surface area contributed by atoms with Gasteiger partial charge in [0, 0.05) is 5.56 Å². The van der Waals surface area contributed by atoms with Crippen molar-refractivity contribution in [3.63, 3.8) is 0 Å². The number of hydrogen-bond acceptors (Lipinski definition) is 7. The van der Waals surface area contributed by atoms with Crippen LogP contribution in [0.1, 0.15) is 39.2 Å². The molecule has 9 heteroatoms. The summed E-state index contributed by atoms with van der Waals surface area (Å²) in [4.78, 5) is 16.5. The normalized spacial score (nSPS) is 15.5. The van der Waals surface area contributed by atoms with Gasteiger partial charge in [-0.3, -0.25) is 4.79 Å². The van der Waals surface area contributed by atoms with Crippen LogP contribution in [0, 0.1) is 6.92 Å². The van der Waals surface area contributed by atoms with Crippen LogP contribution in [0.25, 0.3) is 11.5 Å². The van der Waals surface area contributed by atoms with Crippen LogP contribution in [-0.2, 0) is 24.4 Å². The van der Waals surface area contributed by atoms with Crippen LogP contribution in [0.3, 0.4) is 0 Å². The van der Waals surface area contributed by atoms with Crippen LogP contribution < -0.4 is 5.32 Å². The van der Waals surface area contributed by atoms with Crippen LogP contribution in [0.4, 0.5) is 0 Å². The van der Waals surface area contributed by atoms with Gasteiger partial charge in [0.15, 0.2) is 5.69 Å². The van der Waals surface area contributed by atoms with Gasteiger partial charge in [-0.2, -0.15) is 4.98 Å². The molecule has 2 aromatic carbocycles. The van der Waals surface area contributed by atoms with Crippen LogP contribution in [0.15, 0.2) is 59.1 Å². The number of nitrogens with zero attached hydrogens (tertiary/aromatic N) is 5. The number of rotatable bonds is 5. The van der Waals surface area contributed by atoms with Gasteiger partial charge in [-0.15, -0.1) is 5.10 Å². The summed E-state index contributed by atoms with van der Waals surface area (Å²) in [6, 6.07) is 17.2. The topological polar surface area (TPSA) is 108 Å². The summed E-state index contributed by atoms with van der Waals surface area (Å²) >= 11 is 0. The Morgan fingerprint density at radius 1 is 1.16 bits per heavy atom. The number of ether oxygens (including phenoxy) is 1. The van der Waals surface area contributed by atoms with Crippen molar-refractivity contribution in [3.8, 4) is 11.5 Å². The molecular formula is C22H20N6O3. The second-order valence-corrected chi connectivity index (χ2v) is 7.34. The number of benzene rings is 2. The Morgan fingerprint density at radius 2 is 1.97 bits per heavy atom. The Morgan fingerprint density at radius 3 is 2.77 bits per heavy atom. The van der Waals surface area contributed by atoms with E-state index in [1.165, 1.54) is 5.56 Å². The SMILES string of the molecule is Cc1ccc(C2Cn3nnc(-c4noc(CNC(=O)c5ccccc5)n4)c3CO2)cc1.